The fourth-order valence-corrected chi connectivity index (χ4v) is 1.64. The summed E-state index contributed by atoms with van der Waals surface area (Å²) in [6.45, 7) is 0.112. The molecule has 3 N–H and O–H groups in total. The second kappa shape index (κ2) is 4.96. The topological polar surface area (TPSA) is 59.4 Å². The minimum atomic E-state index is -0.101. The molecule has 0 fully saturated rings. The smallest absolute Gasteiger partial charge is 0.133 e. The van der Waals surface area contributed by atoms with Crippen LogP contribution in [-0.2, 0) is 0 Å². The molecule has 0 radical (unpaired) electrons. The van der Waals surface area contributed by atoms with Gasteiger partial charge in [-0.25, -0.2) is 0 Å². The van der Waals surface area contributed by atoms with Crippen molar-refractivity contribution in [2.75, 3.05) is 6.61 Å². The molecule has 16 heavy (non-hydrogen) atoms. The first kappa shape index (κ1) is 10.9. The molecule has 1 unspecified atom stereocenters. The van der Waals surface area contributed by atoms with Crippen molar-refractivity contribution in [2.24, 2.45) is 5.73 Å². The lowest BCUT2D eigenvalue weighted by molar-refractivity contribution is 0.276. The average Bonchev–Trinajstić information content (AvgIpc) is 2.83. The molecule has 2 aromatic rings. The normalized spacial score (nSPS) is 12.6. The van der Waals surface area contributed by atoms with Gasteiger partial charge in [-0.2, -0.15) is 0 Å². The molecule has 0 saturated carbocycles. The molecule has 3 nitrogen and oxygen atoms in total. The van der Waals surface area contributed by atoms with Crippen molar-refractivity contribution in [3.05, 3.63) is 48.2 Å². The molecule has 0 saturated heterocycles. The van der Waals surface area contributed by atoms with Gasteiger partial charge in [-0.15, -0.1) is 0 Å². The third-order valence-corrected chi connectivity index (χ3v) is 2.58. The number of hydrogen-bond acceptors (Lipinski definition) is 3. The van der Waals surface area contributed by atoms with Crippen molar-refractivity contribution in [3.63, 3.8) is 0 Å². The standard InChI is InChI=1S/C13H15NO2/c14-12(7-8-15)10-3-5-11(6-4-10)13-2-1-9-16-13/h1-6,9,12,15H,7-8,14H2. The van der Waals surface area contributed by atoms with Gasteiger partial charge in [0.15, 0.2) is 0 Å². The van der Waals surface area contributed by atoms with Crippen LogP contribution in [0.4, 0.5) is 0 Å². The fraction of sp³-hybridized carbons (Fsp3) is 0.231. The molecule has 3 heteroatoms. The van der Waals surface area contributed by atoms with Crippen LogP contribution in [0.5, 0.6) is 0 Å². The van der Waals surface area contributed by atoms with Crippen LogP contribution in [0, 0.1) is 0 Å². The second-order valence-electron chi connectivity index (χ2n) is 3.72. The van der Waals surface area contributed by atoms with Gasteiger partial charge in [-0.05, 0) is 24.1 Å². The van der Waals surface area contributed by atoms with Gasteiger partial charge in [0.25, 0.3) is 0 Å². The molecular formula is C13H15NO2. The summed E-state index contributed by atoms with van der Waals surface area (Å²) in [5.74, 6) is 0.849. The van der Waals surface area contributed by atoms with E-state index in [1.807, 2.05) is 36.4 Å². The molecule has 0 aliphatic heterocycles. The van der Waals surface area contributed by atoms with Crippen molar-refractivity contribution < 1.29 is 9.52 Å². The number of aliphatic hydroxyl groups excluding tert-OH is 1. The lowest BCUT2D eigenvalue weighted by atomic mass is 10.0. The third kappa shape index (κ3) is 2.32. The molecule has 1 aromatic carbocycles. The molecule has 84 valence electrons. The second-order valence-corrected chi connectivity index (χ2v) is 3.72. The van der Waals surface area contributed by atoms with Gasteiger partial charge in [0, 0.05) is 18.2 Å². The summed E-state index contributed by atoms with van der Waals surface area (Å²) >= 11 is 0. The number of rotatable bonds is 4. The Morgan fingerprint density at radius 1 is 1.19 bits per heavy atom. The Balaban J connectivity index is 2.16. The zero-order chi connectivity index (χ0) is 11.4. The monoisotopic (exact) mass is 217 g/mol. The van der Waals surface area contributed by atoms with Crippen LogP contribution in [0.1, 0.15) is 18.0 Å². The lowest BCUT2D eigenvalue weighted by Crippen LogP contribution is -2.11. The van der Waals surface area contributed by atoms with Crippen LogP contribution in [0.25, 0.3) is 11.3 Å². The largest absolute Gasteiger partial charge is 0.464 e. The fourth-order valence-electron chi connectivity index (χ4n) is 1.64. The van der Waals surface area contributed by atoms with Gasteiger partial charge < -0.3 is 15.3 Å². The van der Waals surface area contributed by atoms with Crippen LogP contribution < -0.4 is 5.73 Å². The first-order chi connectivity index (χ1) is 7.81. The van der Waals surface area contributed by atoms with Gasteiger partial charge in [-0.3, -0.25) is 0 Å². The van der Waals surface area contributed by atoms with Crippen LogP contribution in [0.15, 0.2) is 47.1 Å². The molecule has 1 atom stereocenters. The van der Waals surface area contributed by atoms with Crippen molar-refractivity contribution in [1.29, 1.82) is 0 Å². The number of nitrogens with two attached hydrogens (primary N) is 1. The molecule has 0 bridgehead atoms. The van der Waals surface area contributed by atoms with E-state index in [0.717, 1.165) is 16.9 Å². The zero-order valence-corrected chi connectivity index (χ0v) is 8.97. The van der Waals surface area contributed by atoms with Crippen LogP contribution >= 0.6 is 0 Å². The van der Waals surface area contributed by atoms with Gasteiger partial charge in [-0.1, -0.05) is 24.3 Å². The highest BCUT2D eigenvalue weighted by Crippen LogP contribution is 2.22. The summed E-state index contributed by atoms with van der Waals surface area (Å²) in [6.07, 6.45) is 2.24. The Bertz CT molecular complexity index is 420. The maximum absolute atomic E-state index is 8.81. The SMILES string of the molecule is NC(CCO)c1ccc(-c2ccco2)cc1. The molecule has 0 spiro atoms. The van der Waals surface area contributed by atoms with Crippen molar-refractivity contribution in [1.82, 2.24) is 0 Å². The minimum Gasteiger partial charge on any atom is -0.464 e. The third-order valence-electron chi connectivity index (χ3n) is 2.58. The summed E-state index contributed by atoms with van der Waals surface area (Å²) in [5.41, 5.74) is 7.96. The van der Waals surface area contributed by atoms with E-state index in [9.17, 15) is 0 Å². The van der Waals surface area contributed by atoms with Gasteiger partial charge in [0.2, 0.25) is 0 Å². The average molecular weight is 217 g/mol. The maximum Gasteiger partial charge on any atom is 0.133 e. The summed E-state index contributed by atoms with van der Waals surface area (Å²) in [4.78, 5) is 0. The number of furan rings is 1. The number of hydrogen-bond donors (Lipinski definition) is 2. The van der Waals surface area contributed by atoms with E-state index in [4.69, 9.17) is 15.3 Å². The predicted octanol–water partition coefficient (Wildman–Crippen LogP) is 2.33. The summed E-state index contributed by atoms with van der Waals surface area (Å²) in [5, 5.41) is 8.81. The first-order valence-electron chi connectivity index (χ1n) is 5.31. The number of benzene rings is 1. The molecule has 1 heterocycles. The summed E-state index contributed by atoms with van der Waals surface area (Å²) in [6, 6.07) is 11.6. The molecule has 1 aromatic heterocycles. The van der Waals surface area contributed by atoms with Crippen molar-refractivity contribution >= 4 is 0 Å². The van der Waals surface area contributed by atoms with Crippen LogP contribution in [0.2, 0.25) is 0 Å². The number of aliphatic hydroxyl groups is 1. The maximum atomic E-state index is 8.81. The van der Waals surface area contributed by atoms with E-state index < -0.39 is 0 Å². The van der Waals surface area contributed by atoms with Crippen LogP contribution in [-0.4, -0.2) is 11.7 Å². The van der Waals surface area contributed by atoms with Gasteiger partial charge >= 0.3 is 0 Å². The highest BCUT2D eigenvalue weighted by molar-refractivity contribution is 5.57. The predicted molar refractivity (Wildman–Crippen MR) is 62.8 cm³/mol. The summed E-state index contributed by atoms with van der Waals surface area (Å²) in [7, 11) is 0. The van der Waals surface area contributed by atoms with E-state index in [-0.39, 0.29) is 12.6 Å². The minimum absolute atomic E-state index is 0.101. The van der Waals surface area contributed by atoms with Gasteiger partial charge in [0.1, 0.15) is 5.76 Å². The molecule has 0 aliphatic carbocycles. The quantitative estimate of drug-likeness (QED) is 0.826. The van der Waals surface area contributed by atoms with E-state index in [0.29, 0.717) is 6.42 Å². The summed E-state index contributed by atoms with van der Waals surface area (Å²) < 4.78 is 5.30. The zero-order valence-electron chi connectivity index (χ0n) is 8.97. The van der Waals surface area contributed by atoms with Gasteiger partial charge in [0.05, 0.1) is 6.26 Å². The Kier molecular flexibility index (Phi) is 3.39. The highest BCUT2D eigenvalue weighted by Gasteiger charge is 2.06. The lowest BCUT2D eigenvalue weighted by Gasteiger charge is -2.10. The van der Waals surface area contributed by atoms with E-state index >= 15 is 0 Å². The Morgan fingerprint density at radius 3 is 2.50 bits per heavy atom. The molecule has 0 aliphatic rings. The van der Waals surface area contributed by atoms with E-state index in [2.05, 4.69) is 0 Å². The van der Waals surface area contributed by atoms with E-state index in [1.165, 1.54) is 0 Å². The molecule has 0 amide bonds. The van der Waals surface area contributed by atoms with Crippen molar-refractivity contribution in [3.8, 4) is 11.3 Å². The molecule has 2 rings (SSSR count). The Morgan fingerprint density at radius 2 is 1.94 bits per heavy atom. The first-order valence-corrected chi connectivity index (χ1v) is 5.31. The highest BCUT2D eigenvalue weighted by atomic mass is 16.3. The van der Waals surface area contributed by atoms with Crippen LogP contribution in [0.3, 0.4) is 0 Å². The van der Waals surface area contributed by atoms with Crippen molar-refractivity contribution in [2.45, 2.75) is 12.5 Å². The molecular weight excluding hydrogens is 202 g/mol. The Labute approximate surface area is 94.5 Å². The van der Waals surface area contributed by atoms with E-state index in [1.54, 1.807) is 6.26 Å². The Hall–Kier alpha value is -1.58.